The number of aliphatic hydroxyl groups is 3. The van der Waals surface area contributed by atoms with Crippen LogP contribution < -0.4 is 0 Å². The van der Waals surface area contributed by atoms with Crippen LogP contribution in [0.4, 0.5) is 30.7 Å². The van der Waals surface area contributed by atoms with E-state index in [0.717, 1.165) is 57.7 Å². The van der Waals surface area contributed by atoms with Gasteiger partial charge < -0.3 is 30.0 Å². The Bertz CT molecular complexity index is 1810. The topological polar surface area (TPSA) is 70.4 Å². The van der Waals surface area contributed by atoms with Crippen molar-refractivity contribution in [1.29, 1.82) is 0 Å². The summed E-state index contributed by atoms with van der Waals surface area (Å²) in [5.41, 5.74) is -4.67. The number of benzene rings is 3. The Morgan fingerprint density at radius 1 is 0.525 bits per heavy atom. The summed E-state index contributed by atoms with van der Waals surface area (Å²) in [4.78, 5) is 6.66. The van der Waals surface area contributed by atoms with Crippen LogP contribution in [0.25, 0.3) is 0 Å². The number of nitrogens with zero attached hydrogens (tertiary/aromatic N) is 3. The third-order valence-electron chi connectivity index (χ3n) is 11.6. The van der Waals surface area contributed by atoms with Crippen LogP contribution in [0.3, 0.4) is 0 Å². The minimum Gasteiger partial charge on any atom is -0.385 e. The maximum absolute atomic E-state index is 14.0. The van der Waals surface area contributed by atoms with Gasteiger partial charge in [-0.05, 0) is 89.2 Å². The van der Waals surface area contributed by atoms with Crippen LogP contribution in [0.5, 0.6) is 0 Å². The van der Waals surface area contributed by atoms with Crippen molar-refractivity contribution in [3.8, 4) is 0 Å². The number of piperidine rings is 3. The Balaban J connectivity index is 0.000000196. The Morgan fingerprint density at radius 2 is 0.847 bits per heavy atom. The lowest BCUT2D eigenvalue weighted by Gasteiger charge is -2.39. The third kappa shape index (κ3) is 12.5. The molecule has 0 aliphatic carbocycles. The van der Waals surface area contributed by atoms with Gasteiger partial charge in [-0.15, -0.1) is 0 Å². The lowest BCUT2D eigenvalue weighted by atomic mass is 9.83. The average Bonchev–Trinajstić information content (AvgIpc) is 3.18. The second kappa shape index (κ2) is 20.8. The molecule has 0 atom stereocenters. The highest BCUT2D eigenvalue weighted by Gasteiger charge is 2.42. The van der Waals surface area contributed by atoms with Gasteiger partial charge in [-0.3, -0.25) is 0 Å². The van der Waals surface area contributed by atoms with Crippen molar-refractivity contribution in [2.24, 2.45) is 0 Å². The van der Waals surface area contributed by atoms with Crippen molar-refractivity contribution in [2.75, 3.05) is 58.9 Å². The molecule has 3 N–H and O–H groups in total. The number of halogens is 10. The Hall–Kier alpha value is -2.20. The summed E-state index contributed by atoms with van der Waals surface area (Å²) < 4.78 is 91.3. The van der Waals surface area contributed by atoms with Crippen molar-refractivity contribution in [3.63, 3.8) is 0 Å². The van der Waals surface area contributed by atoms with Crippen LogP contribution in [0.15, 0.2) is 54.6 Å². The van der Waals surface area contributed by atoms with Crippen LogP contribution >= 0.6 is 34.8 Å². The molecule has 6 rings (SSSR count). The second-order valence-corrected chi connectivity index (χ2v) is 16.8. The Kier molecular flexibility index (Phi) is 17.4. The van der Waals surface area contributed by atoms with Gasteiger partial charge in [0.15, 0.2) is 0 Å². The summed E-state index contributed by atoms with van der Waals surface area (Å²) >= 11 is 17.6. The van der Waals surface area contributed by atoms with Gasteiger partial charge in [0.2, 0.25) is 0 Å². The SMILES string of the molecule is CCCN1CCC(O)(c2cccc(C(F)(F)F)c2Cl)CC1.CCCN1CCC(O)(c2cccc(Cl)c2F)CC1.CCN1CCC(O)(c2cccc(C(F)(F)F)c2Cl)CC1. The van der Waals surface area contributed by atoms with E-state index < -0.39 is 46.1 Å². The van der Waals surface area contributed by atoms with Gasteiger partial charge in [0, 0.05) is 56.0 Å². The first kappa shape index (κ1) is 49.5. The van der Waals surface area contributed by atoms with E-state index in [2.05, 4.69) is 28.5 Å². The molecule has 3 aliphatic rings. The molecule has 3 heterocycles. The van der Waals surface area contributed by atoms with Crippen LogP contribution in [0.2, 0.25) is 15.1 Å². The number of likely N-dealkylation sites (tertiary alicyclic amines) is 3. The molecule has 0 spiro atoms. The highest BCUT2D eigenvalue weighted by Crippen LogP contribution is 2.44. The number of rotatable bonds is 8. The van der Waals surface area contributed by atoms with Crippen molar-refractivity contribution >= 4 is 34.8 Å². The molecule has 3 aromatic carbocycles. The highest BCUT2D eigenvalue weighted by molar-refractivity contribution is 6.32. The fourth-order valence-corrected chi connectivity index (χ4v) is 9.05. The summed E-state index contributed by atoms with van der Waals surface area (Å²) in [7, 11) is 0. The Morgan fingerprint density at radius 3 is 1.19 bits per heavy atom. The second-order valence-electron chi connectivity index (χ2n) is 15.6. The predicted octanol–water partition coefficient (Wildman–Crippen LogP) is 10.9. The lowest BCUT2D eigenvalue weighted by Crippen LogP contribution is -2.43. The largest absolute Gasteiger partial charge is 0.417 e. The fraction of sp³-hybridized carbons (Fsp3) is 0.581. The number of alkyl halides is 6. The molecular formula is C43H55Cl3F7N3O3. The predicted molar refractivity (Wildman–Crippen MR) is 219 cm³/mol. The molecule has 3 aliphatic heterocycles. The highest BCUT2D eigenvalue weighted by atomic mass is 35.5. The molecule has 0 aromatic heterocycles. The van der Waals surface area contributed by atoms with E-state index in [1.54, 1.807) is 12.1 Å². The van der Waals surface area contributed by atoms with Crippen molar-refractivity contribution in [1.82, 2.24) is 14.7 Å². The molecule has 59 heavy (non-hydrogen) atoms. The zero-order valence-electron chi connectivity index (χ0n) is 33.7. The quantitative estimate of drug-likeness (QED) is 0.196. The standard InChI is InChI=1S/C15H19ClF3NO.C14H17ClF3NO.C14H19ClFNO/c1-2-8-20-9-6-14(21,7-10-20)11-4-3-5-12(13(11)16)15(17,18)19;1-2-19-8-6-13(20,7-9-19)10-4-3-5-11(12(10)15)14(16,17)18;1-2-8-17-9-6-14(18,7-10-17)11-4-3-5-12(15)13(11)16/h3-5,21H,2,6-10H2,1H3;3-5,20H,2,6-9H2,1H3;3-5,18H,2,6-10H2,1H3. The van der Waals surface area contributed by atoms with Crippen molar-refractivity contribution < 1.29 is 46.1 Å². The van der Waals surface area contributed by atoms with E-state index in [9.17, 15) is 46.1 Å². The minimum absolute atomic E-state index is 0.0805. The monoisotopic (exact) mass is 899 g/mol. The van der Waals surface area contributed by atoms with Gasteiger partial charge in [0.1, 0.15) is 5.82 Å². The van der Waals surface area contributed by atoms with Gasteiger partial charge in [-0.2, -0.15) is 26.3 Å². The van der Waals surface area contributed by atoms with E-state index in [0.29, 0.717) is 70.3 Å². The molecule has 3 fully saturated rings. The van der Waals surface area contributed by atoms with Crippen LogP contribution in [-0.2, 0) is 29.2 Å². The van der Waals surface area contributed by atoms with E-state index >= 15 is 0 Å². The summed E-state index contributed by atoms with van der Waals surface area (Å²) in [5.74, 6) is -0.481. The molecule has 3 aromatic rings. The van der Waals surface area contributed by atoms with E-state index in [-0.39, 0.29) is 26.2 Å². The zero-order chi connectivity index (χ0) is 43.8. The first-order chi connectivity index (χ1) is 27.6. The van der Waals surface area contributed by atoms with E-state index in [1.165, 1.54) is 30.3 Å². The maximum Gasteiger partial charge on any atom is 0.417 e. The molecule has 3 saturated heterocycles. The van der Waals surface area contributed by atoms with Crippen molar-refractivity contribution in [3.05, 3.63) is 103 Å². The van der Waals surface area contributed by atoms with Crippen molar-refractivity contribution in [2.45, 2.75) is 101 Å². The zero-order valence-corrected chi connectivity index (χ0v) is 35.9. The van der Waals surface area contributed by atoms with Crippen LogP contribution in [0, 0.1) is 5.82 Å². The smallest absolute Gasteiger partial charge is 0.385 e. The molecule has 0 bridgehead atoms. The average molecular weight is 901 g/mol. The minimum atomic E-state index is -4.51. The van der Waals surface area contributed by atoms with E-state index in [1.807, 2.05) is 6.92 Å². The van der Waals surface area contributed by atoms with Crippen LogP contribution in [0.1, 0.15) is 100.0 Å². The molecule has 0 radical (unpaired) electrons. The molecular weight excluding hydrogens is 846 g/mol. The maximum atomic E-state index is 14.0. The van der Waals surface area contributed by atoms with Gasteiger partial charge in [0.25, 0.3) is 0 Å². The first-order valence-corrected chi connectivity index (χ1v) is 21.3. The number of hydrogen-bond acceptors (Lipinski definition) is 6. The lowest BCUT2D eigenvalue weighted by molar-refractivity contribution is -0.138. The van der Waals surface area contributed by atoms with Gasteiger partial charge in [-0.1, -0.05) is 92.0 Å². The normalized spacial score (nSPS) is 19.9. The first-order valence-electron chi connectivity index (χ1n) is 20.1. The molecule has 0 unspecified atom stereocenters. The molecule has 0 saturated carbocycles. The molecule has 16 heteroatoms. The molecule has 0 amide bonds. The van der Waals surface area contributed by atoms with Gasteiger partial charge >= 0.3 is 12.4 Å². The molecule has 6 nitrogen and oxygen atoms in total. The Labute approximate surface area is 357 Å². The fourth-order valence-electron chi connectivity index (χ4n) is 8.06. The summed E-state index contributed by atoms with van der Waals surface area (Å²) in [6.45, 7) is 13.3. The van der Waals surface area contributed by atoms with E-state index in [4.69, 9.17) is 34.8 Å². The van der Waals surface area contributed by atoms with Gasteiger partial charge in [0.05, 0.1) is 43.0 Å². The third-order valence-corrected chi connectivity index (χ3v) is 12.7. The van der Waals surface area contributed by atoms with Gasteiger partial charge in [-0.25, -0.2) is 4.39 Å². The number of hydrogen-bond donors (Lipinski definition) is 3. The summed E-state index contributed by atoms with van der Waals surface area (Å²) in [6, 6.07) is 12.3. The van der Waals surface area contributed by atoms with Crippen LogP contribution in [-0.4, -0.2) is 88.9 Å². The molecule has 330 valence electrons. The summed E-state index contributed by atoms with van der Waals surface area (Å²) in [6.07, 6.45) is -4.20. The summed E-state index contributed by atoms with van der Waals surface area (Å²) in [5, 5.41) is 31.3.